The highest BCUT2D eigenvalue weighted by Gasteiger charge is 2.30. The maximum absolute atomic E-state index is 12.9. The molecule has 2 aromatic rings. The number of rotatable bonds is 3. The summed E-state index contributed by atoms with van der Waals surface area (Å²) in [5.41, 5.74) is 2.60. The maximum Gasteiger partial charge on any atom is 0.240 e. The van der Waals surface area contributed by atoms with E-state index in [-0.39, 0.29) is 11.9 Å². The number of amides is 1. The number of hydrogen-bond acceptors (Lipinski definition) is 6. The molecule has 0 saturated carbocycles. The minimum absolute atomic E-state index is 0.102. The van der Waals surface area contributed by atoms with E-state index in [1.807, 2.05) is 4.90 Å². The van der Waals surface area contributed by atoms with Crippen molar-refractivity contribution in [3.05, 3.63) is 41.2 Å². The van der Waals surface area contributed by atoms with Crippen LogP contribution in [-0.2, 0) is 24.2 Å². The van der Waals surface area contributed by atoms with Gasteiger partial charge in [0.1, 0.15) is 5.82 Å². The highest BCUT2D eigenvalue weighted by Crippen LogP contribution is 2.21. The van der Waals surface area contributed by atoms with Gasteiger partial charge in [0.2, 0.25) is 11.0 Å². The molecule has 0 spiro atoms. The molecule has 2 aliphatic rings. The van der Waals surface area contributed by atoms with Crippen LogP contribution in [0.4, 0.5) is 5.13 Å². The Hall–Kier alpha value is -1.99. The third-order valence-electron chi connectivity index (χ3n) is 5.01. The molecule has 3 heterocycles. The van der Waals surface area contributed by atoms with Gasteiger partial charge in [-0.15, -0.1) is 0 Å². The molecule has 0 radical (unpaired) electrons. The molecule has 1 fully saturated rings. The van der Waals surface area contributed by atoms with Crippen molar-refractivity contribution in [3.8, 4) is 0 Å². The van der Waals surface area contributed by atoms with E-state index in [1.54, 1.807) is 0 Å². The van der Waals surface area contributed by atoms with Gasteiger partial charge in [-0.05, 0) is 17.5 Å². The zero-order valence-corrected chi connectivity index (χ0v) is 15.3. The third kappa shape index (κ3) is 3.39. The summed E-state index contributed by atoms with van der Waals surface area (Å²) in [6.45, 7) is 6.00. The van der Waals surface area contributed by atoms with Crippen molar-refractivity contribution >= 4 is 22.6 Å². The Balaban J connectivity index is 1.35. The van der Waals surface area contributed by atoms with Gasteiger partial charge in [-0.2, -0.15) is 4.37 Å². The summed E-state index contributed by atoms with van der Waals surface area (Å²) in [5.74, 6) is 1.13. The van der Waals surface area contributed by atoms with E-state index in [4.69, 9.17) is 0 Å². The van der Waals surface area contributed by atoms with Crippen LogP contribution in [0.3, 0.4) is 0 Å². The lowest BCUT2D eigenvalue weighted by Gasteiger charge is -2.37. The van der Waals surface area contributed by atoms with Crippen molar-refractivity contribution in [2.45, 2.75) is 32.4 Å². The van der Waals surface area contributed by atoms with Gasteiger partial charge in [0.25, 0.3) is 0 Å². The molecule has 1 amide bonds. The maximum atomic E-state index is 12.9. The Morgan fingerprint density at radius 1 is 1.24 bits per heavy atom. The molecule has 6 nitrogen and oxygen atoms in total. The monoisotopic (exact) mass is 357 g/mol. The predicted molar refractivity (Wildman–Crippen MR) is 98.9 cm³/mol. The fourth-order valence-electron chi connectivity index (χ4n) is 3.48. The molecule has 7 heteroatoms. The Bertz CT molecular complexity index is 753. The van der Waals surface area contributed by atoms with Crippen LogP contribution in [-0.4, -0.2) is 52.4 Å². The van der Waals surface area contributed by atoms with E-state index in [0.29, 0.717) is 0 Å². The van der Waals surface area contributed by atoms with E-state index in [9.17, 15) is 4.79 Å². The van der Waals surface area contributed by atoms with E-state index >= 15 is 0 Å². The van der Waals surface area contributed by atoms with Gasteiger partial charge < -0.3 is 15.1 Å². The lowest BCUT2D eigenvalue weighted by atomic mass is 9.95. The second kappa shape index (κ2) is 7.09. The number of anilines is 1. The first kappa shape index (κ1) is 16.5. The normalized spacial score (nSPS) is 20.4. The fourth-order valence-corrected chi connectivity index (χ4v) is 4.29. The van der Waals surface area contributed by atoms with Crippen LogP contribution >= 0.6 is 11.5 Å². The molecule has 1 atom stereocenters. The van der Waals surface area contributed by atoms with Gasteiger partial charge >= 0.3 is 0 Å². The number of benzene rings is 1. The van der Waals surface area contributed by atoms with E-state index in [1.165, 1.54) is 22.7 Å². The molecule has 2 aliphatic heterocycles. The number of hydrogen-bond donors (Lipinski definition) is 1. The predicted octanol–water partition coefficient (Wildman–Crippen LogP) is 1.46. The molecule has 0 bridgehead atoms. The zero-order valence-electron chi connectivity index (χ0n) is 14.4. The Labute approximate surface area is 152 Å². The van der Waals surface area contributed by atoms with Gasteiger partial charge in [-0.3, -0.25) is 4.79 Å². The Morgan fingerprint density at radius 3 is 2.72 bits per heavy atom. The summed E-state index contributed by atoms with van der Waals surface area (Å²) in [5, 5.41) is 4.38. The first-order valence-electron chi connectivity index (χ1n) is 8.91. The van der Waals surface area contributed by atoms with E-state index in [0.717, 1.165) is 56.5 Å². The van der Waals surface area contributed by atoms with E-state index < -0.39 is 0 Å². The number of nitrogens with zero attached hydrogens (tertiary/aromatic N) is 4. The summed E-state index contributed by atoms with van der Waals surface area (Å²) >= 11 is 1.46. The smallest absolute Gasteiger partial charge is 0.240 e. The van der Waals surface area contributed by atoms with Crippen LogP contribution < -0.4 is 10.2 Å². The van der Waals surface area contributed by atoms with Crippen LogP contribution in [0.25, 0.3) is 0 Å². The highest BCUT2D eigenvalue weighted by atomic mass is 32.1. The molecular formula is C18H23N5OS. The summed E-state index contributed by atoms with van der Waals surface area (Å²) in [7, 11) is 0. The van der Waals surface area contributed by atoms with Crippen molar-refractivity contribution in [1.82, 2.24) is 19.6 Å². The standard InChI is InChI=1S/C18H23N5OS/c1-2-16-20-18(25-21-16)23-9-7-22(8-10-23)17(24)15-11-13-5-3-4-6-14(13)12-19-15/h3-6,15,19H,2,7-12H2,1H3/t15-/m0/s1. The van der Waals surface area contributed by atoms with Crippen LogP contribution in [0, 0.1) is 0 Å². The second-order valence-corrected chi connectivity index (χ2v) is 7.30. The van der Waals surface area contributed by atoms with Crippen LogP contribution in [0.2, 0.25) is 0 Å². The average molecular weight is 357 g/mol. The number of aromatic nitrogens is 2. The van der Waals surface area contributed by atoms with Gasteiger partial charge in [0.05, 0.1) is 6.04 Å². The molecule has 1 aromatic carbocycles. The largest absolute Gasteiger partial charge is 0.343 e. The molecule has 4 rings (SSSR count). The van der Waals surface area contributed by atoms with Gasteiger partial charge in [0.15, 0.2) is 0 Å². The fraction of sp³-hybridized carbons (Fsp3) is 0.500. The van der Waals surface area contributed by atoms with Crippen LogP contribution in [0.5, 0.6) is 0 Å². The summed E-state index contributed by atoms with van der Waals surface area (Å²) < 4.78 is 4.36. The van der Waals surface area contributed by atoms with Gasteiger partial charge in [-0.1, -0.05) is 31.2 Å². The minimum atomic E-state index is -0.102. The van der Waals surface area contributed by atoms with Crippen molar-refractivity contribution in [1.29, 1.82) is 0 Å². The minimum Gasteiger partial charge on any atom is -0.343 e. The number of fused-ring (bicyclic) bond motifs is 1. The first-order valence-corrected chi connectivity index (χ1v) is 9.68. The third-order valence-corrected chi connectivity index (χ3v) is 5.83. The summed E-state index contributed by atoms with van der Waals surface area (Å²) in [6.07, 6.45) is 1.65. The number of piperazine rings is 1. The van der Waals surface area contributed by atoms with Crippen molar-refractivity contribution in [3.63, 3.8) is 0 Å². The molecule has 132 valence electrons. The molecule has 0 unspecified atom stereocenters. The molecule has 1 aromatic heterocycles. The quantitative estimate of drug-likeness (QED) is 0.901. The molecule has 1 saturated heterocycles. The number of aryl methyl sites for hydroxylation is 1. The molecule has 25 heavy (non-hydrogen) atoms. The van der Waals surface area contributed by atoms with Crippen LogP contribution in [0.15, 0.2) is 24.3 Å². The molecular weight excluding hydrogens is 334 g/mol. The number of carbonyl (C=O) groups excluding carboxylic acids is 1. The summed E-state index contributed by atoms with van der Waals surface area (Å²) in [4.78, 5) is 21.7. The van der Waals surface area contributed by atoms with E-state index in [2.05, 4.69) is 50.8 Å². The van der Waals surface area contributed by atoms with Gasteiger partial charge in [0, 0.05) is 50.7 Å². The first-order chi connectivity index (χ1) is 12.2. The molecule has 0 aliphatic carbocycles. The van der Waals surface area contributed by atoms with Crippen molar-refractivity contribution < 1.29 is 4.79 Å². The topological polar surface area (TPSA) is 61.4 Å². The average Bonchev–Trinajstić information content (AvgIpc) is 3.16. The van der Waals surface area contributed by atoms with Crippen molar-refractivity contribution in [2.75, 3.05) is 31.1 Å². The lowest BCUT2D eigenvalue weighted by Crippen LogP contribution is -2.55. The Morgan fingerprint density at radius 2 is 2.00 bits per heavy atom. The zero-order chi connectivity index (χ0) is 17.2. The van der Waals surface area contributed by atoms with Gasteiger partial charge in [-0.25, -0.2) is 4.98 Å². The summed E-state index contributed by atoms with van der Waals surface area (Å²) in [6, 6.07) is 8.27. The van der Waals surface area contributed by atoms with Crippen molar-refractivity contribution in [2.24, 2.45) is 0 Å². The lowest BCUT2D eigenvalue weighted by molar-refractivity contribution is -0.134. The number of nitrogens with one attached hydrogen (secondary N) is 1. The highest BCUT2D eigenvalue weighted by molar-refractivity contribution is 7.09. The number of carbonyl (C=O) groups is 1. The van der Waals surface area contributed by atoms with Crippen LogP contribution in [0.1, 0.15) is 23.9 Å². The Kier molecular flexibility index (Phi) is 4.67. The second-order valence-electron chi connectivity index (χ2n) is 6.57. The molecule has 1 N–H and O–H groups in total. The SMILES string of the molecule is CCc1nsc(N2CCN(C(=O)[C@@H]3Cc4ccccc4CN3)CC2)n1.